The van der Waals surface area contributed by atoms with E-state index < -0.39 is 23.5 Å². The van der Waals surface area contributed by atoms with Crippen molar-refractivity contribution in [3.8, 4) is 5.75 Å². The zero-order valence-electron chi connectivity index (χ0n) is 16.4. The normalized spacial score (nSPS) is 16.4. The lowest BCUT2D eigenvalue weighted by Gasteiger charge is -2.26. The van der Waals surface area contributed by atoms with Gasteiger partial charge in [0.05, 0.1) is 37.3 Å². The van der Waals surface area contributed by atoms with Gasteiger partial charge < -0.3 is 23.6 Å². The van der Waals surface area contributed by atoms with E-state index in [4.69, 9.17) is 13.6 Å². The first-order valence-corrected chi connectivity index (χ1v) is 9.67. The van der Waals surface area contributed by atoms with Gasteiger partial charge in [0, 0.05) is 0 Å². The molecule has 1 aliphatic heterocycles. The van der Waals surface area contributed by atoms with Crippen LogP contribution in [0, 0.1) is 0 Å². The molecular formula is C23H21NO6. The molecule has 30 heavy (non-hydrogen) atoms. The third kappa shape index (κ3) is 3.61. The molecule has 0 fully saturated rings. The van der Waals surface area contributed by atoms with E-state index in [1.54, 1.807) is 42.5 Å². The summed E-state index contributed by atoms with van der Waals surface area (Å²) in [6.45, 7) is 2.71. The van der Waals surface area contributed by atoms with Gasteiger partial charge in [-0.3, -0.25) is 9.59 Å². The molecule has 1 aromatic carbocycles. The Morgan fingerprint density at radius 2 is 1.83 bits per heavy atom. The number of Topliss-reactive ketones (excluding diaryl/α,β-unsaturated/α-hetero) is 1. The second kappa shape index (κ2) is 8.32. The van der Waals surface area contributed by atoms with E-state index >= 15 is 0 Å². The number of aliphatic hydroxyl groups is 1. The molecule has 0 bridgehead atoms. The van der Waals surface area contributed by atoms with Crippen LogP contribution in [0.3, 0.4) is 0 Å². The third-order valence-corrected chi connectivity index (χ3v) is 4.87. The molecule has 7 heteroatoms. The highest BCUT2D eigenvalue weighted by molar-refractivity contribution is 6.14. The summed E-state index contributed by atoms with van der Waals surface area (Å²) in [5, 5.41) is 10.6. The standard InChI is InChI=1S/C23H21NO6/c1-2-11-28-16-9-7-15(8-10-16)20-19(21(25)18-6-4-13-30-18)22(26)23(27)24(20)14-17-5-3-12-29-17/h3-10,12-13,20,26H,2,11,14H2,1H3. The van der Waals surface area contributed by atoms with Gasteiger partial charge >= 0.3 is 0 Å². The van der Waals surface area contributed by atoms with E-state index in [2.05, 4.69) is 0 Å². The average Bonchev–Trinajstić information content (AvgIpc) is 3.51. The van der Waals surface area contributed by atoms with E-state index in [0.717, 1.165) is 6.42 Å². The Morgan fingerprint density at radius 3 is 2.47 bits per heavy atom. The number of hydrogen-bond donors (Lipinski definition) is 1. The first-order valence-electron chi connectivity index (χ1n) is 9.67. The lowest BCUT2D eigenvalue weighted by atomic mass is 9.95. The number of hydrogen-bond acceptors (Lipinski definition) is 6. The molecule has 0 saturated carbocycles. The molecule has 3 heterocycles. The Bertz CT molecular complexity index is 1050. The number of carbonyl (C=O) groups is 2. The minimum Gasteiger partial charge on any atom is -0.503 e. The van der Waals surface area contributed by atoms with Crippen LogP contribution >= 0.6 is 0 Å². The zero-order chi connectivity index (χ0) is 21.1. The Balaban J connectivity index is 1.73. The van der Waals surface area contributed by atoms with Crippen LogP contribution in [0.4, 0.5) is 0 Å². The van der Waals surface area contributed by atoms with Crippen molar-refractivity contribution in [3.63, 3.8) is 0 Å². The SMILES string of the molecule is CCCOc1ccc(C2C(C(=O)c3ccco3)=C(O)C(=O)N2Cc2ccco2)cc1. The van der Waals surface area contributed by atoms with Gasteiger partial charge in [0.1, 0.15) is 11.5 Å². The van der Waals surface area contributed by atoms with Crippen LogP contribution in [0.2, 0.25) is 0 Å². The summed E-state index contributed by atoms with van der Waals surface area (Å²) in [4.78, 5) is 27.4. The summed E-state index contributed by atoms with van der Waals surface area (Å²) >= 11 is 0. The van der Waals surface area contributed by atoms with E-state index in [0.29, 0.717) is 23.7 Å². The predicted octanol–water partition coefficient (Wildman–Crippen LogP) is 4.44. The molecule has 4 rings (SSSR count). The van der Waals surface area contributed by atoms with Crippen LogP contribution in [0.5, 0.6) is 5.75 Å². The van der Waals surface area contributed by atoms with Crippen LogP contribution in [0.1, 0.15) is 41.3 Å². The average molecular weight is 407 g/mol. The predicted molar refractivity (Wildman–Crippen MR) is 107 cm³/mol. The zero-order valence-corrected chi connectivity index (χ0v) is 16.4. The Morgan fingerprint density at radius 1 is 1.10 bits per heavy atom. The van der Waals surface area contributed by atoms with Crippen LogP contribution < -0.4 is 4.74 Å². The van der Waals surface area contributed by atoms with Gasteiger partial charge in [-0.25, -0.2) is 0 Å². The molecule has 0 aliphatic carbocycles. The van der Waals surface area contributed by atoms with Crippen molar-refractivity contribution in [1.82, 2.24) is 4.90 Å². The summed E-state index contributed by atoms with van der Waals surface area (Å²) in [5.41, 5.74) is 0.640. The van der Waals surface area contributed by atoms with E-state index in [9.17, 15) is 14.7 Å². The van der Waals surface area contributed by atoms with Crippen molar-refractivity contribution in [1.29, 1.82) is 0 Å². The second-order valence-corrected chi connectivity index (χ2v) is 6.90. The van der Waals surface area contributed by atoms with E-state index in [1.165, 1.54) is 23.5 Å². The highest BCUT2D eigenvalue weighted by Gasteiger charge is 2.44. The minimum absolute atomic E-state index is 0.0243. The summed E-state index contributed by atoms with van der Waals surface area (Å²) in [5.74, 6) is -0.483. The molecule has 0 spiro atoms. The van der Waals surface area contributed by atoms with E-state index in [1.807, 2.05) is 6.92 Å². The number of rotatable bonds is 8. The molecule has 1 unspecified atom stereocenters. The van der Waals surface area contributed by atoms with E-state index in [-0.39, 0.29) is 17.9 Å². The molecule has 0 radical (unpaired) electrons. The number of furan rings is 2. The molecular weight excluding hydrogens is 386 g/mol. The number of aliphatic hydroxyl groups excluding tert-OH is 1. The summed E-state index contributed by atoms with van der Waals surface area (Å²) < 4.78 is 16.2. The first kappa shape index (κ1) is 19.6. The molecule has 154 valence electrons. The van der Waals surface area contributed by atoms with Gasteiger partial charge in [-0.15, -0.1) is 0 Å². The largest absolute Gasteiger partial charge is 0.503 e. The van der Waals surface area contributed by atoms with Crippen molar-refractivity contribution < 1.29 is 28.3 Å². The van der Waals surface area contributed by atoms with Crippen LogP contribution in [-0.4, -0.2) is 28.3 Å². The highest BCUT2D eigenvalue weighted by Crippen LogP contribution is 2.40. The van der Waals surface area contributed by atoms with Gasteiger partial charge in [-0.1, -0.05) is 19.1 Å². The van der Waals surface area contributed by atoms with Gasteiger partial charge in [0.2, 0.25) is 5.78 Å². The van der Waals surface area contributed by atoms with Crippen molar-refractivity contribution in [3.05, 3.63) is 89.5 Å². The first-order chi connectivity index (χ1) is 14.6. The molecule has 2 aromatic heterocycles. The maximum Gasteiger partial charge on any atom is 0.290 e. The number of amides is 1. The quantitative estimate of drug-likeness (QED) is 0.555. The number of benzene rings is 1. The minimum atomic E-state index is -0.791. The molecule has 1 aliphatic rings. The van der Waals surface area contributed by atoms with Crippen LogP contribution in [0.15, 0.2) is 81.2 Å². The summed E-state index contributed by atoms with van der Waals surface area (Å²) in [7, 11) is 0. The summed E-state index contributed by atoms with van der Waals surface area (Å²) in [6.07, 6.45) is 3.76. The molecule has 0 saturated heterocycles. The highest BCUT2D eigenvalue weighted by atomic mass is 16.5. The Hall–Kier alpha value is -3.74. The lowest BCUT2D eigenvalue weighted by Crippen LogP contribution is -2.30. The molecule has 3 aromatic rings. The third-order valence-electron chi connectivity index (χ3n) is 4.87. The monoisotopic (exact) mass is 407 g/mol. The van der Waals surface area contributed by atoms with Gasteiger partial charge in [0.25, 0.3) is 5.91 Å². The van der Waals surface area contributed by atoms with Gasteiger partial charge in [0.15, 0.2) is 11.5 Å². The van der Waals surface area contributed by atoms with Crippen LogP contribution in [0.25, 0.3) is 0 Å². The van der Waals surface area contributed by atoms with Crippen molar-refractivity contribution in [2.75, 3.05) is 6.61 Å². The Labute approximate surface area is 173 Å². The van der Waals surface area contributed by atoms with Crippen molar-refractivity contribution in [2.45, 2.75) is 25.9 Å². The van der Waals surface area contributed by atoms with Crippen LogP contribution in [-0.2, 0) is 11.3 Å². The number of ether oxygens (including phenoxy) is 1. The van der Waals surface area contributed by atoms with Crippen molar-refractivity contribution >= 4 is 11.7 Å². The molecule has 1 atom stereocenters. The smallest absolute Gasteiger partial charge is 0.290 e. The number of ketones is 1. The van der Waals surface area contributed by atoms with Crippen molar-refractivity contribution in [2.24, 2.45) is 0 Å². The number of carbonyl (C=O) groups excluding carboxylic acids is 2. The number of nitrogens with zero attached hydrogens (tertiary/aromatic N) is 1. The summed E-state index contributed by atoms with van der Waals surface area (Å²) in [6, 6.07) is 12.9. The fourth-order valence-electron chi connectivity index (χ4n) is 3.47. The van der Waals surface area contributed by atoms with Gasteiger partial charge in [-0.05, 0) is 48.4 Å². The topological polar surface area (TPSA) is 93.1 Å². The molecule has 7 nitrogen and oxygen atoms in total. The molecule has 1 N–H and O–H groups in total. The maximum atomic E-state index is 13.1. The maximum absolute atomic E-state index is 13.1. The Kier molecular flexibility index (Phi) is 5.43. The molecule has 1 amide bonds. The lowest BCUT2D eigenvalue weighted by molar-refractivity contribution is -0.130. The van der Waals surface area contributed by atoms with Gasteiger partial charge in [-0.2, -0.15) is 0 Å². The second-order valence-electron chi connectivity index (χ2n) is 6.90. The fourth-order valence-corrected chi connectivity index (χ4v) is 3.47. The fraction of sp³-hybridized carbons (Fsp3) is 0.217.